The van der Waals surface area contributed by atoms with E-state index in [1.165, 1.54) is 11.2 Å². The van der Waals surface area contributed by atoms with E-state index in [2.05, 4.69) is 25.4 Å². The maximum Gasteiger partial charge on any atom is 0.259 e. The smallest absolute Gasteiger partial charge is 0.259 e. The third-order valence-electron chi connectivity index (χ3n) is 3.64. The highest BCUT2D eigenvalue weighted by Gasteiger charge is 2.18. The molecule has 9 heteroatoms. The summed E-state index contributed by atoms with van der Waals surface area (Å²) in [6, 6.07) is 3.32. The number of hydrogen-bond acceptors (Lipinski definition) is 8. The first-order valence-electron chi connectivity index (χ1n) is 7.64. The van der Waals surface area contributed by atoms with Gasteiger partial charge < -0.3 is 10.3 Å². The molecule has 25 heavy (non-hydrogen) atoms. The molecule has 0 aromatic carbocycles. The Morgan fingerprint density at radius 2 is 2.12 bits per heavy atom. The maximum absolute atomic E-state index is 11.0. The first-order valence-corrected chi connectivity index (χ1v) is 7.64. The second-order valence-corrected chi connectivity index (χ2v) is 5.77. The van der Waals surface area contributed by atoms with Gasteiger partial charge in [-0.2, -0.15) is 4.98 Å². The molecule has 3 rings (SSSR count). The van der Waals surface area contributed by atoms with E-state index in [4.69, 9.17) is 10.3 Å². The third kappa shape index (κ3) is 3.16. The number of anilines is 2. The van der Waals surface area contributed by atoms with Crippen molar-refractivity contribution in [1.29, 1.82) is 0 Å². The zero-order valence-electron chi connectivity index (χ0n) is 14.0. The van der Waals surface area contributed by atoms with Crippen LogP contribution in [0.4, 0.5) is 11.5 Å². The molecule has 0 radical (unpaired) electrons. The molecule has 0 saturated heterocycles. The van der Waals surface area contributed by atoms with Crippen LogP contribution in [0.1, 0.15) is 19.4 Å². The summed E-state index contributed by atoms with van der Waals surface area (Å²) in [5.41, 5.74) is 8.63. The highest BCUT2D eigenvalue weighted by atomic mass is 16.5. The maximum atomic E-state index is 11.0. The van der Waals surface area contributed by atoms with Crippen LogP contribution < -0.4 is 10.7 Å². The summed E-state index contributed by atoms with van der Waals surface area (Å²) in [7, 11) is 0. The number of nitrogens with two attached hydrogens (primary N) is 1. The van der Waals surface area contributed by atoms with Gasteiger partial charge in [-0.1, -0.05) is 5.16 Å². The van der Waals surface area contributed by atoms with E-state index >= 15 is 0 Å². The monoisotopic (exact) mass is 339 g/mol. The molecule has 0 bridgehead atoms. The number of aryl methyl sites for hydroxylation is 1. The zero-order valence-corrected chi connectivity index (χ0v) is 14.0. The van der Waals surface area contributed by atoms with Crippen LogP contribution in [-0.2, 0) is 0 Å². The van der Waals surface area contributed by atoms with E-state index in [0.29, 0.717) is 17.1 Å². The molecule has 0 fully saturated rings. The van der Waals surface area contributed by atoms with Gasteiger partial charge in [0.2, 0.25) is 5.82 Å². The minimum atomic E-state index is -0.165. The normalized spacial score (nSPS) is 10.9. The molecule has 3 heterocycles. The number of aromatic nitrogens is 4. The van der Waals surface area contributed by atoms with Gasteiger partial charge in [0.1, 0.15) is 0 Å². The lowest BCUT2D eigenvalue weighted by Crippen LogP contribution is -2.26. The SMILES string of the molecule is Cc1ccncc1-c1noc(-c2cnc(N(N=O)C(C)C)c(N)c2)n1. The third-order valence-corrected chi connectivity index (χ3v) is 3.64. The fourth-order valence-electron chi connectivity index (χ4n) is 2.31. The fourth-order valence-corrected chi connectivity index (χ4v) is 2.31. The van der Waals surface area contributed by atoms with E-state index in [1.807, 2.05) is 26.8 Å². The van der Waals surface area contributed by atoms with E-state index in [-0.39, 0.29) is 17.8 Å². The van der Waals surface area contributed by atoms with Crippen LogP contribution in [0, 0.1) is 11.8 Å². The van der Waals surface area contributed by atoms with Gasteiger partial charge in [0, 0.05) is 24.2 Å². The Bertz CT molecular complexity index is 907. The Labute approximate surface area is 143 Å². The van der Waals surface area contributed by atoms with Gasteiger partial charge >= 0.3 is 0 Å². The van der Waals surface area contributed by atoms with Crippen molar-refractivity contribution in [2.24, 2.45) is 5.29 Å². The van der Waals surface area contributed by atoms with Crippen molar-refractivity contribution in [3.8, 4) is 22.8 Å². The summed E-state index contributed by atoms with van der Waals surface area (Å²) in [4.78, 5) is 23.6. The van der Waals surface area contributed by atoms with Crippen molar-refractivity contribution in [1.82, 2.24) is 20.1 Å². The first kappa shape index (κ1) is 16.5. The average Bonchev–Trinajstić information content (AvgIpc) is 3.07. The zero-order chi connectivity index (χ0) is 18.0. The summed E-state index contributed by atoms with van der Waals surface area (Å²) in [6.07, 6.45) is 4.89. The summed E-state index contributed by atoms with van der Waals surface area (Å²) >= 11 is 0. The van der Waals surface area contributed by atoms with Gasteiger partial charge in [-0.25, -0.2) is 9.99 Å². The van der Waals surface area contributed by atoms with Crippen molar-refractivity contribution < 1.29 is 4.52 Å². The number of rotatable bonds is 5. The minimum absolute atomic E-state index is 0.165. The Morgan fingerprint density at radius 1 is 1.32 bits per heavy atom. The van der Waals surface area contributed by atoms with E-state index in [0.717, 1.165) is 11.1 Å². The highest BCUT2D eigenvalue weighted by molar-refractivity contribution is 5.70. The Balaban J connectivity index is 1.95. The number of pyridine rings is 2. The van der Waals surface area contributed by atoms with Crippen LogP contribution in [0.25, 0.3) is 22.8 Å². The van der Waals surface area contributed by atoms with Gasteiger partial charge in [-0.3, -0.25) is 4.98 Å². The van der Waals surface area contributed by atoms with Crippen molar-refractivity contribution in [3.05, 3.63) is 41.2 Å². The van der Waals surface area contributed by atoms with E-state index in [9.17, 15) is 4.91 Å². The van der Waals surface area contributed by atoms with Crippen molar-refractivity contribution in [2.45, 2.75) is 26.8 Å². The van der Waals surface area contributed by atoms with Crippen LogP contribution >= 0.6 is 0 Å². The lowest BCUT2D eigenvalue weighted by atomic mass is 10.1. The topological polar surface area (TPSA) is 123 Å². The predicted molar refractivity (Wildman–Crippen MR) is 93.3 cm³/mol. The van der Waals surface area contributed by atoms with E-state index in [1.54, 1.807) is 18.5 Å². The van der Waals surface area contributed by atoms with Crippen molar-refractivity contribution in [3.63, 3.8) is 0 Å². The van der Waals surface area contributed by atoms with Gasteiger partial charge in [0.15, 0.2) is 5.82 Å². The summed E-state index contributed by atoms with van der Waals surface area (Å²) in [5, 5.41) is 8.14. The van der Waals surface area contributed by atoms with Crippen LogP contribution in [0.5, 0.6) is 0 Å². The molecule has 0 atom stereocenters. The number of nitrogens with zero attached hydrogens (tertiary/aromatic N) is 6. The summed E-state index contributed by atoms with van der Waals surface area (Å²) in [5.74, 6) is 0.998. The average molecular weight is 339 g/mol. The molecule has 0 aliphatic carbocycles. The Morgan fingerprint density at radius 3 is 2.76 bits per heavy atom. The molecular formula is C16H17N7O2. The molecule has 2 N–H and O–H groups in total. The Hall–Kier alpha value is -3.36. The molecule has 0 spiro atoms. The summed E-state index contributed by atoms with van der Waals surface area (Å²) in [6.45, 7) is 5.57. The molecule has 3 aromatic heterocycles. The second-order valence-electron chi connectivity index (χ2n) is 5.77. The predicted octanol–water partition coefficient (Wildman–Crippen LogP) is 2.98. The molecule has 3 aromatic rings. The number of hydrogen-bond donors (Lipinski definition) is 1. The van der Waals surface area contributed by atoms with Crippen molar-refractivity contribution >= 4 is 11.5 Å². The van der Waals surface area contributed by atoms with Crippen LogP contribution in [0.3, 0.4) is 0 Å². The second kappa shape index (κ2) is 6.63. The Kier molecular flexibility index (Phi) is 4.38. The molecule has 0 amide bonds. The number of nitrogen functional groups attached to an aromatic ring is 1. The fraction of sp³-hybridized carbons (Fsp3) is 0.250. The standard InChI is InChI=1S/C16H17N7O2/c1-9(2)23(22-24)15-13(17)6-11(7-19-15)16-20-14(21-25-16)12-8-18-5-4-10(12)3/h4-9H,17H2,1-3H3. The molecule has 0 aliphatic heterocycles. The lowest BCUT2D eigenvalue weighted by Gasteiger charge is -2.19. The molecule has 0 unspecified atom stereocenters. The van der Waals surface area contributed by atoms with Crippen molar-refractivity contribution in [2.75, 3.05) is 10.7 Å². The number of nitroso groups, excluding NO2 is 1. The van der Waals surface area contributed by atoms with Crippen LogP contribution in [0.15, 0.2) is 40.5 Å². The lowest BCUT2D eigenvalue weighted by molar-refractivity contribution is 0.432. The van der Waals surface area contributed by atoms with Gasteiger partial charge in [-0.05, 0) is 38.5 Å². The molecule has 0 saturated carbocycles. The van der Waals surface area contributed by atoms with Gasteiger partial charge in [0.25, 0.3) is 5.89 Å². The largest absolute Gasteiger partial charge is 0.396 e. The quantitative estimate of drug-likeness (QED) is 0.556. The van der Waals surface area contributed by atoms with Gasteiger partial charge in [-0.15, -0.1) is 4.91 Å². The molecule has 0 aliphatic rings. The highest BCUT2D eigenvalue weighted by Crippen LogP contribution is 2.29. The first-order chi connectivity index (χ1) is 12.0. The molecular weight excluding hydrogens is 322 g/mol. The van der Waals surface area contributed by atoms with Crippen LogP contribution in [0.2, 0.25) is 0 Å². The van der Waals surface area contributed by atoms with E-state index < -0.39 is 0 Å². The molecule has 128 valence electrons. The minimum Gasteiger partial charge on any atom is -0.396 e. The summed E-state index contributed by atoms with van der Waals surface area (Å²) < 4.78 is 5.31. The molecule has 9 nitrogen and oxygen atoms in total. The van der Waals surface area contributed by atoms with Crippen LogP contribution in [-0.4, -0.2) is 26.2 Å². The van der Waals surface area contributed by atoms with Gasteiger partial charge in [0.05, 0.1) is 22.6 Å².